The summed E-state index contributed by atoms with van der Waals surface area (Å²) in [7, 11) is 0. The van der Waals surface area contributed by atoms with Crippen LogP contribution in [-0.2, 0) is 4.74 Å². The summed E-state index contributed by atoms with van der Waals surface area (Å²) in [4.78, 5) is 2.56. The molecule has 3 rings (SSSR count). The Hall–Kier alpha value is -0.590. The van der Waals surface area contributed by atoms with Gasteiger partial charge in [0.05, 0.1) is 24.2 Å². The van der Waals surface area contributed by atoms with Crippen molar-refractivity contribution in [2.75, 3.05) is 13.1 Å². The summed E-state index contributed by atoms with van der Waals surface area (Å²) in [6.45, 7) is 4.45. The quantitative estimate of drug-likeness (QED) is 0.697. The van der Waals surface area contributed by atoms with Gasteiger partial charge < -0.3 is 4.74 Å². The Morgan fingerprint density at radius 2 is 1.82 bits per heavy atom. The van der Waals surface area contributed by atoms with E-state index in [1.807, 2.05) is 0 Å². The molecule has 5 unspecified atom stereocenters. The summed E-state index contributed by atoms with van der Waals surface area (Å²) in [5.41, 5.74) is 0. The molecule has 0 aromatic carbocycles. The molecule has 5 atom stereocenters. The van der Waals surface area contributed by atoms with Gasteiger partial charge in [0, 0.05) is 19.1 Å². The molecule has 3 nitrogen and oxygen atoms in total. The van der Waals surface area contributed by atoms with Crippen molar-refractivity contribution in [1.82, 2.24) is 4.90 Å². The Morgan fingerprint density at radius 3 is 2.47 bits per heavy atom. The molecule has 0 N–H and O–H groups in total. The van der Waals surface area contributed by atoms with Gasteiger partial charge in [-0.2, -0.15) is 5.26 Å². The minimum Gasteiger partial charge on any atom is -0.372 e. The van der Waals surface area contributed by atoms with Crippen molar-refractivity contribution in [3.63, 3.8) is 0 Å². The van der Waals surface area contributed by atoms with E-state index in [0.29, 0.717) is 18.2 Å². The van der Waals surface area contributed by atoms with Crippen LogP contribution < -0.4 is 0 Å². The van der Waals surface area contributed by atoms with Crippen LogP contribution in [0.25, 0.3) is 0 Å². The highest BCUT2D eigenvalue weighted by molar-refractivity contribution is 4.99. The molecule has 2 saturated heterocycles. The van der Waals surface area contributed by atoms with Crippen molar-refractivity contribution in [2.24, 2.45) is 11.8 Å². The lowest BCUT2D eigenvalue weighted by Gasteiger charge is -2.43. The topological polar surface area (TPSA) is 36.3 Å². The largest absolute Gasteiger partial charge is 0.372 e. The molecule has 3 fully saturated rings. The van der Waals surface area contributed by atoms with Crippen LogP contribution in [0.2, 0.25) is 0 Å². The Labute approximate surface area is 104 Å². The first-order valence-electron chi connectivity index (χ1n) is 7.05. The van der Waals surface area contributed by atoms with Crippen LogP contribution in [0.15, 0.2) is 0 Å². The summed E-state index contributed by atoms with van der Waals surface area (Å²) in [6, 6.07) is 3.04. The van der Waals surface area contributed by atoms with E-state index in [0.717, 1.165) is 25.4 Å². The van der Waals surface area contributed by atoms with Gasteiger partial charge >= 0.3 is 0 Å². The Balaban J connectivity index is 1.71. The summed E-state index contributed by atoms with van der Waals surface area (Å²) >= 11 is 0. The van der Waals surface area contributed by atoms with Crippen LogP contribution in [-0.4, -0.2) is 36.2 Å². The Morgan fingerprint density at radius 1 is 1.12 bits per heavy atom. The van der Waals surface area contributed by atoms with E-state index in [1.165, 1.54) is 25.7 Å². The minimum atomic E-state index is 0.253. The highest BCUT2D eigenvalue weighted by Crippen LogP contribution is 2.35. The molecular weight excluding hydrogens is 212 g/mol. The summed E-state index contributed by atoms with van der Waals surface area (Å²) < 4.78 is 5.89. The molecule has 2 bridgehead atoms. The first kappa shape index (κ1) is 11.5. The van der Waals surface area contributed by atoms with Crippen molar-refractivity contribution < 1.29 is 4.74 Å². The van der Waals surface area contributed by atoms with Crippen molar-refractivity contribution in [1.29, 1.82) is 5.26 Å². The third kappa shape index (κ3) is 2.21. The number of rotatable bonds is 1. The van der Waals surface area contributed by atoms with Crippen LogP contribution >= 0.6 is 0 Å². The van der Waals surface area contributed by atoms with E-state index < -0.39 is 0 Å². The highest BCUT2D eigenvalue weighted by Gasteiger charge is 2.40. The molecule has 17 heavy (non-hydrogen) atoms. The standard InChI is InChI=1S/C14H22N2O/c1-10-2-3-11(7-15)14(6-10)16-8-12-4-5-13(9-16)17-12/h10-14H,2-6,8-9H2,1H3. The predicted octanol–water partition coefficient (Wildman–Crippen LogP) is 2.18. The zero-order chi connectivity index (χ0) is 11.8. The first-order chi connectivity index (χ1) is 8.26. The van der Waals surface area contributed by atoms with E-state index >= 15 is 0 Å². The SMILES string of the molecule is CC1CCC(C#N)C(N2CC3CCC(C2)O3)C1. The predicted molar refractivity (Wildman–Crippen MR) is 65.4 cm³/mol. The van der Waals surface area contributed by atoms with Gasteiger partial charge in [0.1, 0.15) is 0 Å². The van der Waals surface area contributed by atoms with Gasteiger partial charge in [-0.05, 0) is 38.0 Å². The van der Waals surface area contributed by atoms with Crippen LogP contribution in [0.4, 0.5) is 0 Å². The van der Waals surface area contributed by atoms with Gasteiger partial charge in [0.25, 0.3) is 0 Å². The number of morpholine rings is 1. The van der Waals surface area contributed by atoms with Crippen molar-refractivity contribution in [3.8, 4) is 6.07 Å². The van der Waals surface area contributed by atoms with Gasteiger partial charge in [0.2, 0.25) is 0 Å². The normalized spacial score (nSPS) is 46.7. The third-order valence-electron chi connectivity index (χ3n) is 4.79. The van der Waals surface area contributed by atoms with E-state index in [-0.39, 0.29) is 5.92 Å². The molecule has 3 aliphatic rings. The van der Waals surface area contributed by atoms with Crippen molar-refractivity contribution in [3.05, 3.63) is 0 Å². The van der Waals surface area contributed by atoms with E-state index in [9.17, 15) is 5.26 Å². The van der Waals surface area contributed by atoms with E-state index in [1.54, 1.807) is 0 Å². The minimum absolute atomic E-state index is 0.253. The second kappa shape index (κ2) is 4.59. The summed E-state index contributed by atoms with van der Waals surface area (Å²) in [5, 5.41) is 9.32. The molecule has 0 radical (unpaired) electrons. The van der Waals surface area contributed by atoms with Gasteiger partial charge in [-0.3, -0.25) is 4.90 Å². The van der Waals surface area contributed by atoms with Crippen LogP contribution in [0.1, 0.15) is 39.0 Å². The molecule has 0 aromatic rings. The van der Waals surface area contributed by atoms with Crippen molar-refractivity contribution in [2.45, 2.75) is 57.3 Å². The average molecular weight is 234 g/mol. The monoisotopic (exact) mass is 234 g/mol. The number of nitriles is 1. The fraction of sp³-hybridized carbons (Fsp3) is 0.929. The van der Waals surface area contributed by atoms with Crippen LogP contribution in [0.3, 0.4) is 0 Å². The smallest absolute Gasteiger partial charge is 0.0707 e. The number of likely N-dealkylation sites (tertiary alicyclic amines) is 1. The number of ether oxygens (including phenoxy) is 1. The first-order valence-corrected chi connectivity index (χ1v) is 7.05. The van der Waals surface area contributed by atoms with Crippen LogP contribution in [0.5, 0.6) is 0 Å². The second-order valence-corrected chi connectivity index (χ2v) is 6.13. The number of nitrogens with zero attached hydrogens (tertiary/aromatic N) is 2. The number of hydrogen-bond donors (Lipinski definition) is 0. The molecule has 1 saturated carbocycles. The van der Waals surface area contributed by atoms with Gasteiger partial charge in [0.15, 0.2) is 0 Å². The molecule has 0 spiro atoms. The molecular formula is C14H22N2O. The van der Waals surface area contributed by atoms with Gasteiger partial charge in [-0.1, -0.05) is 6.92 Å². The highest BCUT2D eigenvalue weighted by atomic mass is 16.5. The number of hydrogen-bond acceptors (Lipinski definition) is 3. The molecule has 2 aliphatic heterocycles. The molecule has 0 aromatic heterocycles. The Bertz CT molecular complexity index is 313. The zero-order valence-corrected chi connectivity index (χ0v) is 10.6. The van der Waals surface area contributed by atoms with Crippen LogP contribution in [0, 0.1) is 23.2 Å². The maximum Gasteiger partial charge on any atom is 0.0707 e. The fourth-order valence-corrected chi connectivity index (χ4v) is 3.82. The fourth-order valence-electron chi connectivity index (χ4n) is 3.82. The summed E-state index contributed by atoms with van der Waals surface area (Å²) in [6.07, 6.45) is 6.87. The van der Waals surface area contributed by atoms with E-state index in [4.69, 9.17) is 4.74 Å². The number of fused-ring (bicyclic) bond motifs is 2. The zero-order valence-electron chi connectivity index (χ0n) is 10.6. The van der Waals surface area contributed by atoms with Gasteiger partial charge in [-0.25, -0.2) is 0 Å². The average Bonchev–Trinajstić information content (AvgIpc) is 2.68. The summed E-state index contributed by atoms with van der Waals surface area (Å²) in [5.74, 6) is 1.04. The molecule has 0 amide bonds. The molecule has 3 heteroatoms. The molecule has 1 aliphatic carbocycles. The maximum absolute atomic E-state index is 9.32. The maximum atomic E-state index is 9.32. The third-order valence-corrected chi connectivity index (χ3v) is 4.79. The lowest BCUT2D eigenvalue weighted by Crippen LogP contribution is -2.52. The lowest BCUT2D eigenvalue weighted by atomic mass is 9.78. The van der Waals surface area contributed by atoms with Crippen molar-refractivity contribution >= 4 is 0 Å². The van der Waals surface area contributed by atoms with Gasteiger partial charge in [-0.15, -0.1) is 0 Å². The molecule has 2 heterocycles. The van der Waals surface area contributed by atoms with E-state index in [2.05, 4.69) is 17.9 Å². The molecule has 94 valence electrons. The lowest BCUT2D eigenvalue weighted by molar-refractivity contribution is -0.0653. The second-order valence-electron chi connectivity index (χ2n) is 6.13. The Kier molecular flexibility index (Phi) is 3.10.